The van der Waals surface area contributed by atoms with Gasteiger partial charge >= 0.3 is 0 Å². The summed E-state index contributed by atoms with van der Waals surface area (Å²) in [5.74, 6) is -0.929. The van der Waals surface area contributed by atoms with Crippen molar-refractivity contribution in [3.8, 4) is 0 Å². The van der Waals surface area contributed by atoms with Gasteiger partial charge in [0, 0.05) is 28.7 Å². The number of rotatable bonds is 7. The smallest absolute Gasteiger partial charge is 0.252 e. The van der Waals surface area contributed by atoms with E-state index in [1.165, 1.54) is 0 Å². The molecule has 2 fully saturated rings. The molecule has 1 aromatic carbocycles. The molecule has 0 radical (unpaired) electrons. The molecule has 3 N–H and O–H groups in total. The van der Waals surface area contributed by atoms with Crippen molar-refractivity contribution in [3.63, 3.8) is 0 Å². The Kier molecular flexibility index (Phi) is 5.24. The molecule has 26 heavy (non-hydrogen) atoms. The second-order valence-electron chi connectivity index (χ2n) is 6.73. The van der Waals surface area contributed by atoms with Crippen molar-refractivity contribution in [2.45, 2.75) is 42.6 Å². The molecule has 140 valence electrons. The van der Waals surface area contributed by atoms with Crippen LogP contribution in [0.2, 0.25) is 0 Å². The van der Waals surface area contributed by atoms with Gasteiger partial charge < -0.3 is 15.8 Å². The van der Waals surface area contributed by atoms with Crippen LogP contribution < -0.4 is 11.1 Å². The number of amides is 2. The maximum Gasteiger partial charge on any atom is 0.252 e. The van der Waals surface area contributed by atoms with Crippen LogP contribution in [0.1, 0.15) is 31.2 Å². The quantitative estimate of drug-likeness (QED) is 0.703. The molecule has 1 aliphatic carbocycles. The number of carbonyl (C=O) groups excluding carboxylic acids is 3. The highest BCUT2D eigenvalue weighted by Gasteiger charge is 2.68. The number of ketones is 1. The molecule has 8 heteroatoms. The van der Waals surface area contributed by atoms with E-state index >= 15 is 0 Å². The molecule has 0 bridgehead atoms. The number of Topliss-reactive ketones (excluding diaryl/α,β-unsaturated/α-hetero) is 1. The zero-order valence-corrected chi connectivity index (χ0v) is 15.2. The van der Waals surface area contributed by atoms with Gasteiger partial charge in [0.1, 0.15) is 12.1 Å². The van der Waals surface area contributed by atoms with Gasteiger partial charge in [0.15, 0.2) is 11.4 Å². The van der Waals surface area contributed by atoms with Gasteiger partial charge in [-0.2, -0.15) is 0 Å². The molecule has 2 aliphatic rings. The Hall–Kier alpha value is -2.06. The monoisotopic (exact) mass is 378 g/mol. The fraction of sp³-hybridized carbons (Fsp3) is 0.500. The number of nitrogens with one attached hydrogen (secondary N) is 1. The van der Waals surface area contributed by atoms with Crippen LogP contribution in [0, 0.1) is 0 Å². The summed E-state index contributed by atoms with van der Waals surface area (Å²) in [7, 11) is -1.20. The fourth-order valence-electron chi connectivity index (χ4n) is 3.87. The Labute approximate surface area is 154 Å². The Morgan fingerprint density at radius 2 is 1.96 bits per heavy atom. The van der Waals surface area contributed by atoms with Gasteiger partial charge in [-0.05, 0) is 24.8 Å². The lowest BCUT2D eigenvalue weighted by molar-refractivity contribution is -0.144. The first-order chi connectivity index (χ1) is 12.4. The van der Waals surface area contributed by atoms with Gasteiger partial charge in [0.05, 0.1) is 0 Å². The first-order valence-electron chi connectivity index (χ1n) is 8.57. The number of nitrogens with two attached hydrogens (primary N) is 1. The third-order valence-corrected chi connectivity index (χ3v) is 6.49. The maximum absolute atomic E-state index is 12.4. The first-order valence-corrected chi connectivity index (χ1v) is 10.1. The molecule has 1 heterocycles. The fourth-order valence-corrected chi connectivity index (χ4v) is 4.99. The van der Waals surface area contributed by atoms with Crippen molar-refractivity contribution >= 4 is 28.4 Å². The summed E-state index contributed by atoms with van der Waals surface area (Å²) >= 11 is 0. The van der Waals surface area contributed by atoms with Crippen LogP contribution in [0.15, 0.2) is 30.3 Å². The molecule has 0 aromatic heterocycles. The first kappa shape index (κ1) is 18.7. The second-order valence-corrected chi connectivity index (χ2v) is 8.31. The zero-order chi connectivity index (χ0) is 18.8. The molecular formula is C18H22N2O5S. The molecule has 3 atom stereocenters. The number of primary amides is 1. The number of benzene rings is 1. The van der Waals surface area contributed by atoms with E-state index in [0.717, 1.165) is 5.56 Å². The zero-order valence-electron chi connectivity index (χ0n) is 14.4. The van der Waals surface area contributed by atoms with Crippen molar-refractivity contribution in [2.24, 2.45) is 5.73 Å². The van der Waals surface area contributed by atoms with E-state index in [2.05, 4.69) is 5.32 Å². The van der Waals surface area contributed by atoms with Crippen molar-refractivity contribution in [1.29, 1.82) is 0 Å². The Morgan fingerprint density at radius 1 is 1.23 bits per heavy atom. The van der Waals surface area contributed by atoms with Crippen molar-refractivity contribution < 1.29 is 23.3 Å². The lowest BCUT2D eigenvalue weighted by Gasteiger charge is -2.35. The standard InChI is InChI=1S/C18H22N2O5S/c19-16(23)18-9-4-8-17(18,14(21)11-25-18)20-15(22)7-10-26(24)12-13-5-2-1-3-6-13/h1-3,5-6H,4,7-12H2,(H2,19,23)(H,20,22). The molecule has 3 rings (SSSR count). The molecule has 1 aliphatic heterocycles. The van der Waals surface area contributed by atoms with Gasteiger partial charge in [-0.25, -0.2) is 0 Å². The number of hydrogen-bond acceptors (Lipinski definition) is 5. The number of carbonyl (C=O) groups is 3. The molecule has 2 amide bonds. The van der Waals surface area contributed by atoms with E-state index in [9.17, 15) is 18.6 Å². The molecule has 1 aromatic rings. The molecule has 1 saturated heterocycles. The van der Waals surface area contributed by atoms with Crippen LogP contribution in [-0.4, -0.2) is 45.3 Å². The van der Waals surface area contributed by atoms with Crippen LogP contribution >= 0.6 is 0 Å². The molecule has 1 saturated carbocycles. The largest absolute Gasteiger partial charge is 0.367 e. The van der Waals surface area contributed by atoms with Crippen molar-refractivity contribution in [1.82, 2.24) is 5.32 Å². The third-order valence-electron chi connectivity index (χ3n) is 5.17. The van der Waals surface area contributed by atoms with E-state index in [0.29, 0.717) is 25.0 Å². The number of hydrogen-bond donors (Lipinski definition) is 2. The number of fused-ring (bicyclic) bond motifs is 1. The minimum Gasteiger partial charge on any atom is -0.367 e. The van der Waals surface area contributed by atoms with Gasteiger partial charge in [0.25, 0.3) is 5.91 Å². The second kappa shape index (κ2) is 7.28. The van der Waals surface area contributed by atoms with Crippen LogP contribution in [0.5, 0.6) is 0 Å². The molecule has 3 unspecified atom stereocenters. The lowest BCUT2D eigenvalue weighted by Crippen LogP contribution is -2.66. The minimum absolute atomic E-state index is 0.00329. The number of ether oxygens (including phenoxy) is 1. The summed E-state index contributed by atoms with van der Waals surface area (Å²) in [5, 5.41) is 2.70. The summed E-state index contributed by atoms with van der Waals surface area (Å²) in [6, 6.07) is 9.38. The highest BCUT2D eigenvalue weighted by molar-refractivity contribution is 7.84. The average molecular weight is 378 g/mol. The maximum atomic E-state index is 12.4. The normalized spacial score (nSPS) is 28.5. The Morgan fingerprint density at radius 3 is 2.65 bits per heavy atom. The minimum atomic E-state index is -1.46. The Balaban J connectivity index is 1.61. The Bertz CT molecular complexity index is 753. The predicted octanol–water partition coefficient (Wildman–Crippen LogP) is 0.188. The topological polar surface area (TPSA) is 116 Å². The van der Waals surface area contributed by atoms with E-state index in [-0.39, 0.29) is 24.6 Å². The van der Waals surface area contributed by atoms with Crippen molar-refractivity contribution in [3.05, 3.63) is 35.9 Å². The predicted molar refractivity (Wildman–Crippen MR) is 95.4 cm³/mol. The van der Waals surface area contributed by atoms with Gasteiger partial charge in [-0.15, -0.1) is 0 Å². The summed E-state index contributed by atoms with van der Waals surface area (Å²) in [6.07, 6.45) is 1.21. The lowest BCUT2D eigenvalue weighted by atomic mass is 9.80. The third kappa shape index (κ3) is 3.19. The van der Waals surface area contributed by atoms with E-state index in [4.69, 9.17) is 10.5 Å². The summed E-state index contributed by atoms with van der Waals surface area (Å²) < 4.78 is 17.6. The summed E-state index contributed by atoms with van der Waals surface area (Å²) in [6.45, 7) is -0.233. The SMILES string of the molecule is NC(=O)C12CCCC1(NC(=O)CCS(=O)Cc1ccccc1)C(=O)CO2. The van der Waals surface area contributed by atoms with Crippen LogP contribution in [0.25, 0.3) is 0 Å². The van der Waals surface area contributed by atoms with Crippen LogP contribution in [-0.2, 0) is 35.7 Å². The highest BCUT2D eigenvalue weighted by Crippen LogP contribution is 2.46. The van der Waals surface area contributed by atoms with Gasteiger partial charge in [-0.1, -0.05) is 30.3 Å². The molecule has 7 nitrogen and oxygen atoms in total. The summed E-state index contributed by atoms with van der Waals surface area (Å²) in [4.78, 5) is 36.7. The van der Waals surface area contributed by atoms with Gasteiger partial charge in [-0.3, -0.25) is 18.6 Å². The van der Waals surface area contributed by atoms with Crippen LogP contribution in [0.4, 0.5) is 0 Å². The highest BCUT2D eigenvalue weighted by atomic mass is 32.2. The summed E-state index contributed by atoms with van der Waals surface area (Å²) in [5.41, 5.74) is 3.59. The van der Waals surface area contributed by atoms with E-state index < -0.39 is 33.8 Å². The van der Waals surface area contributed by atoms with Crippen LogP contribution in [0.3, 0.4) is 0 Å². The van der Waals surface area contributed by atoms with Crippen molar-refractivity contribution in [2.75, 3.05) is 12.4 Å². The van der Waals surface area contributed by atoms with E-state index in [1.54, 1.807) is 0 Å². The van der Waals surface area contributed by atoms with E-state index in [1.807, 2.05) is 30.3 Å². The molecular weight excluding hydrogens is 356 g/mol. The molecule has 0 spiro atoms. The van der Waals surface area contributed by atoms with Gasteiger partial charge in [0.2, 0.25) is 5.91 Å². The average Bonchev–Trinajstić information content (AvgIpc) is 3.10.